The molecule has 6 heteroatoms. The number of amides is 1. The van der Waals surface area contributed by atoms with Gasteiger partial charge in [0.15, 0.2) is 0 Å². The number of hydrogen-bond donors (Lipinski definition) is 2. The molecule has 0 aliphatic heterocycles. The van der Waals surface area contributed by atoms with Gasteiger partial charge in [-0.1, -0.05) is 35.9 Å². The molecule has 0 aromatic heterocycles. The Morgan fingerprint density at radius 3 is 2.32 bits per heavy atom. The lowest BCUT2D eigenvalue weighted by Gasteiger charge is -2.32. The highest BCUT2D eigenvalue weighted by Crippen LogP contribution is 2.40. The number of carbonyl (C=O) groups excluding carboxylic acids is 1. The van der Waals surface area contributed by atoms with Gasteiger partial charge in [0.25, 0.3) is 5.91 Å². The summed E-state index contributed by atoms with van der Waals surface area (Å²) in [6, 6.07) is 14.8. The van der Waals surface area contributed by atoms with E-state index in [1.54, 1.807) is 42.5 Å². The van der Waals surface area contributed by atoms with E-state index in [4.69, 9.17) is 5.11 Å². The lowest BCUT2D eigenvalue weighted by molar-refractivity contribution is -0.137. The highest BCUT2D eigenvalue weighted by molar-refractivity contribution is 6.07. The van der Waals surface area contributed by atoms with Crippen molar-refractivity contribution in [1.82, 2.24) is 5.32 Å². The Bertz CT molecular complexity index is 1360. The normalized spacial score (nSPS) is 18.2. The highest BCUT2D eigenvalue weighted by atomic mass is 19.1. The van der Waals surface area contributed by atoms with Crippen molar-refractivity contribution < 1.29 is 23.5 Å². The van der Waals surface area contributed by atoms with E-state index in [0.29, 0.717) is 22.8 Å². The van der Waals surface area contributed by atoms with Crippen LogP contribution in [-0.2, 0) is 4.79 Å². The zero-order valence-corrected chi connectivity index (χ0v) is 22.0. The molecule has 3 aromatic rings. The van der Waals surface area contributed by atoms with Crippen LogP contribution in [-0.4, -0.2) is 23.0 Å². The number of benzene rings is 3. The van der Waals surface area contributed by atoms with E-state index in [2.05, 4.69) is 12.2 Å². The minimum atomic E-state index is -0.790. The van der Waals surface area contributed by atoms with Crippen LogP contribution in [0.4, 0.5) is 8.78 Å². The van der Waals surface area contributed by atoms with Crippen LogP contribution in [0.25, 0.3) is 16.3 Å². The summed E-state index contributed by atoms with van der Waals surface area (Å²) in [6.07, 6.45) is 5.59. The Morgan fingerprint density at radius 1 is 0.895 bits per heavy atom. The Labute approximate surface area is 222 Å². The lowest BCUT2D eigenvalue weighted by Crippen LogP contribution is -2.38. The van der Waals surface area contributed by atoms with E-state index in [1.165, 1.54) is 17.7 Å². The summed E-state index contributed by atoms with van der Waals surface area (Å²) in [4.78, 5) is 24.0. The first-order chi connectivity index (χ1) is 18.2. The fourth-order valence-electron chi connectivity index (χ4n) is 5.74. The fraction of sp³-hybridized carbons (Fsp3) is 0.375. The molecule has 1 aliphatic rings. The maximum absolute atomic E-state index is 14.3. The van der Waals surface area contributed by atoms with Crippen LogP contribution in [0.5, 0.6) is 0 Å². The molecule has 0 atom stereocenters. The van der Waals surface area contributed by atoms with Crippen LogP contribution in [0.15, 0.2) is 60.2 Å². The van der Waals surface area contributed by atoms with Gasteiger partial charge in [-0.3, -0.25) is 9.59 Å². The minimum Gasteiger partial charge on any atom is -0.481 e. The number of nitrogens with one attached hydrogen (secondary N) is 1. The van der Waals surface area contributed by atoms with E-state index >= 15 is 0 Å². The summed E-state index contributed by atoms with van der Waals surface area (Å²) in [5, 5.41) is 13.1. The van der Waals surface area contributed by atoms with Gasteiger partial charge in [-0.15, -0.1) is 0 Å². The van der Waals surface area contributed by atoms with E-state index in [-0.39, 0.29) is 35.9 Å². The molecule has 4 nitrogen and oxygen atoms in total. The van der Waals surface area contributed by atoms with Crippen molar-refractivity contribution in [1.29, 1.82) is 0 Å². The van der Waals surface area contributed by atoms with Crippen molar-refractivity contribution in [2.75, 3.05) is 0 Å². The third kappa shape index (κ3) is 6.47. The number of unbranched alkanes of at least 4 members (excludes halogenated alkanes) is 1. The van der Waals surface area contributed by atoms with Crippen LogP contribution >= 0.6 is 0 Å². The molecule has 0 bridgehead atoms. The molecule has 2 N–H and O–H groups in total. The van der Waals surface area contributed by atoms with Crippen LogP contribution in [0.2, 0.25) is 0 Å². The van der Waals surface area contributed by atoms with Crippen LogP contribution in [0, 0.1) is 24.5 Å². The predicted octanol–water partition coefficient (Wildman–Crippen LogP) is 7.83. The first-order valence-corrected chi connectivity index (χ1v) is 13.4. The molecule has 3 aromatic carbocycles. The molecule has 1 saturated carbocycles. The van der Waals surface area contributed by atoms with Crippen molar-refractivity contribution in [3.63, 3.8) is 0 Å². The number of aryl methyl sites for hydroxylation is 1. The Balaban J connectivity index is 1.48. The summed E-state index contributed by atoms with van der Waals surface area (Å²) in [5.41, 5.74) is 4.74. The zero-order valence-electron chi connectivity index (χ0n) is 22.0. The van der Waals surface area contributed by atoms with E-state index < -0.39 is 5.97 Å². The van der Waals surface area contributed by atoms with Crippen molar-refractivity contribution >= 4 is 28.2 Å². The van der Waals surface area contributed by atoms with E-state index in [0.717, 1.165) is 55.2 Å². The predicted molar refractivity (Wildman–Crippen MR) is 147 cm³/mol. The molecule has 0 saturated heterocycles. The molecular formula is C32H35F2NO3. The largest absolute Gasteiger partial charge is 0.481 e. The van der Waals surface area contributed by atoms with Gasteiger partial charge in [-0.05, 0) is 111 Å². The van der Waals surface area contributed by atoms with Gasteiger partial charge < -0.3 is 10.4 Å². The fourth-order valence-corrected chi connectivity index (χ4v) is 5.74. The molecule has 1 aliphatic carbocycles. The summed E-state index contributed by atoms with van der Waals surface area (Å²) >= 11 is 0. The molecule has 0 unspecified atom stereocenters. The quantitative estimate of drug-likeness (QED) is 0.283. The average Bonchev–Trinajstić information content (AvgIpc) is 2.89. The van der Waals surface area contributed by atoms with Gasteiger partial charge in [0.1, 0.15) is 11.6 Å². The maximum Gasteiger partial charge on any atom is 0.303 e. The first-order valence-electron chi connectivity index (χ1n) is 13.4. The highest BCUT2D eigenvalue weighted by Gasteiger charge is 2.28. The maximum atomic E-state index is 14.3. The summed E-state index contributed by atoms with van der Waals surface area (Å²) in [5.74, 6) is -1.37. The summed E-state index contributed by atoms with van der Waals surface area (Å²) in [6.45, 7) is 4.07. The molecule has 1 amide bonds. The number of carboxylic acid groups (broad SMARTS) is 1. The van der Waals surface area contributed by atoms with E-state index in [1.807, 2.05) is 6.92 Å². The number of rotatable bonds is 9. The number of aliphatic carboxylic acids is 1. The molecule has 0 spiro atoms. The zero-order chi connectivity index (χ0) is 27.2. The van der Waals surface area contributed by atoms with Gasteiger partial charge in [0.2, 0.25) is 0 Å². The summed E-state index contributed by atoms with van der Waals surface area (Å²) < 4.78 is 28.5. The molecular weight excluding hydrogens is 484 g/mol. The van der Waals surface area contributed by atoms with Crippen molar-refractivity contribution in [3.8, 4) is 0 Å². The number of carboxylic acids is 1. The Hall–Kier alpha value is -3.54. The molecule has 0 heterocycles. The molecule has 4 rings (SSSR count). The Kier molecular flexibility index (Phi) is 8.93. The number of carbonyl (C=O) groups is 2. The van der Waals surface area contributed by atoms with Gasteiger partial charge in [-0.25, -0.2) is 8.78 Å². The third-order valence-corrected chi connectivity index (χ3v) is 7.73. The van der Waals surface area contributed by atoms with Gasteiger partial charge in [-0.2, -0.15) is 0 Å². The lowest BCUT2D eigenvalue weighted by atomic mass is 9.76. The third-order valence-electron chi connectivity index (χ3n) is 7.73. The number of fused-ring (bicyclic) bond motifs is 1. The minimum absolute atomic E-state index is 0.00768. The topological polar surface area (TPSA) is 66.4 Å². The number of halogens is 2. The van der Waals surface area contributed by atoms with Crippen LogP contribution in [0.1, 0.15) is 79.8 Å². The second-order valence-electron chi connectivity index (χ2n) is 10.4. The van der Waals surface area contributed by atoms with Crippen molar-refractivity contribution in [2.45, 2.75) is 71.3 Å². The van der Waals surface area contributed by atoms with E-state index in [9.17, 15) is 18.4 Å². The number of allylic oxidation sites excluding steroid dienone is 2. The van der Waals surface area contributed by atoms with Crippen molar-refractivity contribution in [3.05, 3.63) is 88.5 Å². The molecule has 200 valence electrons. The van der Waals surface area contributed by atoms with Crippen LogP contribution < -0.4 is 5.32 Å². The van der Waals surface area contributed by atoms with Crippen LogP contribution in [0.3, 0.4) is 0 Å². The van der Waals surface area contributed by atoms with Gasteiger partial charge in [0.05, 0.1) is 0 Å². The molecule has 38 heavy (non-hydrogen) atoms. The Morgan fingerprint density at radius 2 is 1.58 bits per heavy atom. The van der Waals surface area contributed by atoms with Gasteiger partial charge in [0, 0.05) is 23.4 Å². The number of hydrogen-bond acceptors (Lipinski definition) is 2. The smallest absolute Gasteiger partial charge is 0.303 e. The molecule has 0 radical (unpaired) electrons. The molecule has 1 fully saturated rings. The van der Waals surface area contributed by atoms with Crippen molar-refractivity contribution in [2.24, 2.45) is 5.92 Å². The SMILES string of the molecule is C/C(CCCCC(=O)O)=C(/c1cc(F)ccc1C)C1CCC(NC(=O)c2cccc3c(F)cccc23)CC1. The summed E-state index contributed by atoms with van der Waals surface area (Å²) in [7, 11) is 0. The first kappa shape index (κ1) is 27.5. The average molecular weight is 520 g/mol. The monoisotopic (exact) mass is 519 g/mol. The standard InChI is InChI=1S/C32H35F2NO3/c1-20-13-16-23(33)19-28(20)31(21(2)7-3-4-12-30(36)37)22-14-17-24(18-15-22)35-32(38)27-10-5-9-26-25(27)8-6-11-29(26)34/h5-6,8-11,13,16,19,22,24H,3-4,7,12,14-15,17-18H2,1-2H3,(H,35,38)(H,36,37)/b31-21-. The van der Waals surface area contributed by atoms with Gasteiger partial charge >= 0.3 is 5.97 Å². The second-order valence-corrected chi connectivity index (χ2v) is 10.4. The second kappa shape index (κ2) is 12.3.